The van der Waals surface area contributed by atoms with Gasteiger partial charge in [0.05, 0.1) is 20.8 Å². The Morgan fingerprint density at radius 1 is 1.09 bits per heavy atom. The molecule has 2 aromatic carbocycles. The fraction of sp³-hybridized carbons (Fsp3) is 0.273. The molecule has 10 heteroatoms. The molecule has 4 rings (SSSR count). The predicted molar refractivity (Wildman–Crippen MR) is 115 cm³/mol. The van der Waals surface area contributed by atoms with Crippen LogP contribution in [-0.2, 0) is 11.3 Å². The standard InChI is InChI=1S/C22H23N5O5/c1-30-17-9-8-16(12-18(17)31-2)27-11-10-26(22(27)29)14-19(28)23-13-20-24-21(25-32-20)15-6-4-3-5-7-15/h3-9,12H,10-11,13-14H2,1-2H3,(H,23,28). The van der Waals surface area contributed by atoms with E-state index in [1.165, 1.54) is 12.0 Å². The second kappa shape index (κ2) is 9.38. The van der Waals surface area contributed by atoms with Crippen molar-refractivity contribution in [1.82, 2.24) is 20.4 Å². The van der Waals surface area contributed by atoms with Gasteiger partial charge in [0.15, 0.2) is 11.5 Å². The minimum Gasteiger partial charge on any atom is -0.493 e. The molecule has 3 amide bonds. The van der Waals surface area contributed by atoms with Gasteiger partial charge < -0.3 is 24.2 Å². The molecule has 0 unspecified atom stereocenters. The van der Waals surface area contributed by atoms with Crippen molar-refractivity contribution in [3.8, 4) is 22.9 Å². The Morgan fingerprint density at radius 2 is 1.88 bits per heavy atom. The average Bonchev–Trinajstić information content (AvgIpc) is 3.45. The van der Waals surface area contributed by atoms with Crippen LogP contribution in [0.2, 0.25) is 0 Å². The highest BCUT2D eigenvalue weighted by Crippen LogP contribution is 2.32. The number of methoxy groups -OCH3 is 2. The van der Waals surface area contributed by atoms with Gasteiger partial charge in [-0.1, -0.05) is 35.5 Å². The summed E-state index contributed by atoms with van der Waals surface area (Å²) < 4.78 is 15.7. The van der Waals surface area contributed by atoms with E-state index in [2.05, 4.69) is 15.5 Å². The number of hydrogen-bond donors (Lipinski definition) is 1. The van der Waals surface area contributed by atoms with Crippen LogP contribution in [0.15, 0.2) is 53.1 Å². The number of amides is 3. The van der Waals surface area contributed by atoms with Crippen LogP contribution in [0, 0.1) is 0 Å². The minimum absolute atomic E-state index is 0.0672. The van der Waals surface area contributed by atoms with E-state index in [-0.39, 0.29) is 30.9 Å². The Hall–Kier alpha value is -4.08. The van der Waals surface area contributed by atoms with Crippen molar-refractivity contribution in [2.75, 3.05) is 38.8 Å². The van der Waals surface area contributed by atoms with Crippen molar-refractivity contribution in [2.24, 2.45) is 0 Å². The molecule has 2 heterocycles. The van der Waals surface area contributed by atoms with Crippen molar-refractivity contribution in [3.63, 3.8) is 0 Å². The number of aromatic nitrogens is 2. The van der Waals surface area contributed by atoms with Crippen molar-refractivity contribution in [3.05, 3.63) is 54.4 Å². The van der Waals surface area contributed by atoms with E-state index in [4.69, 9.17) is 14.0 Å². The Bertz CT molecular complexity index is 1100. The second-order valence-electron chi connectivity index (χ2n) is 7.05. The van der Waals surface area contributed by atoms with Gasteiger partial charge >= 0.3 is 6.03 Å². The van der Waals surface area contributed by atoms with Gasteiger partial charge in [-0.2, -0.15) is 4.98 Å². The van der Waals surface area contributed by atoms with E-state index in [1.54, 1.807) is 30.2 Å². The first-order valence-corrected chi connectivity index (χ1v) is 10.0. The van der Waals surface area contributed by atoms with Gasteiger partial charge in [-0.05, 0) is 12.1 Å². The maximum absolute atomic E-state index is 12.8. The molecule has 32 heavy (non-hydrogen) atoms. The normalized spacial score (nSPS) is 13.4. The zero-order valence-electron chi connectivity index (χ0n) is 17.8. The molecule has 0 spiro atoms. The molecule has 0 bridgehead atoms. The number of carbonyl (C=O) groups excluding carboxylic acids is 2. The van der Waals surface area contributed by atoms with Gasteiger partial charge in [-0.15, -0.1) is 0 Å². The SMILES string of the molecule is COc1ccc(N2CCN(CC(=O)NCc3nc(-c4ccccc4)no3)C2=O)cc1OC. The zero-order chi connectivity index (χ0) is 22.5. The molecule has 10 nitrogen and oxygen atoms in total. The summed E-state index contributed by atoms with van der Waals surface area (Å²) in [6.07, 6.45) is 0. The van der Waals surface area contributed by atoms with Crippen LogP contribution in [0.3, 0.4) is 0 Å². The molecule has 1 saturated heterocycles. The Labute approximate surface area is 184 Å². The maximum Gasteiger partial charge on any atom is 0.325 e. The lowest BCUT2D eigenvalue weighted by molar-refractivity contribution is -0.121. The van der Waals surface area contributed by atoms with Crippen LogP contribution in [0.5, 0.6) is 11.5 Å². The summed E-state index contributed by atoms with van der Waals surface area (Å²) in [4.78, 5) is 32.5. The van der Waals surface area contributed by atoms with Gasteiger partial charge in [-0.3, -0.25) is 9.69 Å². The number of carbonyl (C=O) groups is 2. The molecule has 1 aliphatic heterocycles. The van der Waals surface area contributed by atoms with Gasteiger partial charge in [0, 0.05) is 30.4 Å². The molecule has 1 aliphatic rings. The highest BCUT2D eigenvalue weighted by Gasteiger charge is 2.31. The van der Waals surface area contributed by atoms with E-state index in [0.29, 0.717) is 36.1 Å². The van der Waals surface area contributed by atoms with Crippen LogP contribution in [0.1, 0.15) is 5.89 Å². The van der Waals surface area contributed by atoms with Crippen molar-refractivity contribution in [2.45, 2.75) is 6.54 Å². The van der Waals surface area contributed by atoms with Crippen LogP contribution < -0.4 is 19.7 Å². The zero-order valence-corrected chi connectivity index (χ0v) is 17.8. The molecule has 0 atom stereocenters. The smallest absolute Gasteiger partial charge is 0.325 e. The van der Waals surface area contributed by atoms with Gasteiger partial charge in [0.2, 0.25) is 17.6 Å². The van der Waals surface area contributed by atoms with Gasteiger partial charge in [0.1, 0.15) is 6.54 Å². The largest absolute Gasteiger partial charge is 0.493 e. The average molecular weight is 437 g/mol. The third-order valence-corrected chi connectivity index (χ3v) is 5.05. The molecule has 1 fully saturated rings. The fourth-order valence-corrected chi connectivity index (χ4v) is 3.40. The summed E-state index contributed by atoms with van der Waals surface area (Å²) in [6, 6.07) is 14.4. The van der Waals surface area contributed by atoms with Crippen molar-refractivity contribution < 1.29 is 23.6 Å². The highest BCUT2D eigenvalue weighted by molar-refractivity contribution is 5.96. The first-order chi connectivity index (χ1) is 15.6. The molecule has 0 radical (unpaired) electrons. The lowest BCUT2D eigenvalue weighted by Crippen LogP contribution is -2.39. The summed E-state index contributed by atoms with van der Waals surface area (Å²) in [5, 5.41) is 6.64. The van der Waals surface area contributed by atoms with Gasteiger partial charge in [-0.25, -0.2) is 4.79 Å². The second-order valence-corrected chi connectivity index (χ2v) is 7.05. The lowest BCUT2D eigenvalue weighted by Gasteiger charge is -2.19. The number of nitrogens with zero attached hydrogens (tertiary/aromatic N) is 4. The summed E-state index contributed by atoms with van der Waals surface area (Å²) in [7, 11) is 3.09. The summed E-state index contributed by atoms with van der Waals surface area (Å²) >= 11 is 0. The number of ether oxygens (including phenoxy) is 2. The molecule has 0 aliphatic carbocycles. The number of urea groups is 1. The van der Waals surface area contributed by atoms with Gasteiger partial charge in [0.25, 0.3) is 0 Å². The Balaban J connectivity index is 1.32. The third-order valence-electron chi connectivity index (χ3n) is 5.05. The van der Waals surface area contributed by atoms with E-state index >= 15 is 0 Å². The topological polar surface area (TPSA) is 110 Å². The Kier molecular flexibility index (Phi) is 6.20. The molecular weight excluding hydrogens is 414 g/mol. The summed E-state index contributed by atoms with van der Waals surface area (Å²) in [5.74, 6) is 1.54. The minimum atomic E-state index is -0.313. The Morgan fingerprint density at radius 3 is 2.62 bits per heavy atom. The van der Waals surface area contributed by atoms with E-state index < -0.39 is 0 Å². The quantitative estimate of drug-likeness (QED) is 0.576. The highest BCUT2D eigenvalue weighted by atomic mass is 16.5. The third kappa shape index (κ3) is 4.48. The number of nitrogens with one attached hydrogen (secondary N) is 1. The molecule has 3 aromatic rings. The van der Waals surface area contributed by atoms with Crippen LogP contribution >= 0.6 is 0 Å². The molecule has 166 valence electrons. The van der Waals surface area contributed by atoms with E-state index in [1.807, 2.05) is 30.3 Å². The van der Waals surface area contributed by atoms with Crippen molar-refractivity contribution in [1.29, 1.82) is 0 Å². The molecule has 1 aromatic heterocycles. The monoisotopic (exact) mass is 437 g/mol. The predicted octanol–water partition coefficient (Wildman–Crippen LogP) is 2.31. The fourth-order valence-electron chi connectivity index (χ4n) is 3.40. The van der Waals surface area contributed by atoms with Crippen molar-refractivity contribution >= 4 is 17.6 Å². The van der Waals surface area contributed by atoms with Crippen LogP contribution in [0.4, 0.5) is 10.5 Å². The molecular formula is C22H23N5O5. The first kappa shape index (κ1) is 21.2. The number of rotatable bonds is 8. The molecule has 0 saturated carbocycles. The number of anilines is 1. The summed E-state index contributed by atoms with van der Waals surface area (Å²) in [6.45, 7) is 0.910. The maximum atomic E-state index is 12.8. The lowest BCUT2D eigenvalue weighted by atomic mass is 10.2. The van der Waals surface area contributed by atoms with Crippen LogP contribution in [-0.4, -0.2) is 60.8 Å². The number of hydrogen-bond acceptors (Lipinski definition) is 7. The van der Waals surface area contributed by atoms with E-state index in [0.717, 1.165) is 5.56 Å². The number of benzene rings is 2. The summed E-state index contributed by atoms with van der Waals surface area (Å²) in [5.41, 5.74) is 1.50. The van der Waals surface area contributed by atoms with Crippen LogP contribution in [0.25, 0.3) is 11.4 Å². The first-order valence-electron chi connectivity index (χ1n) is 10.0. The van der Waals surface area contributed by atoms with E-state index in [9.17, 15) is 9.59 Å². The molecule has 1 N–H and O–H groups in total.